The van der Waals surface area contributed by atoms with Crippen molar-refractivity contribution in [3.05, 3.63) is 113 Å². The van der Waals surface area contributed by atoms with E-state index in [9.17, 15) is 4.79 Å². The maximum atomic E-state index is 12.4. The molecule has 0 saturated carbocycles. The van der Waals surface area contributed by atoms with Crippen LogP contribution in [0.2, 0.25) is 0 Å². The molecule has 0 fully saturated rings. The van der Waals surface area contributed by atoms with Crippen molar-refractivity contribution in [3.8, 4) is 0 Å². The lowest BCUT2D eigenvalue weighted by Gasteiger charge is -2.22. The maximum absolute atomic E-state index is 12.4. The Hall–Kier alpha value is -3.64. The Morgan fingerprint density at radius 2 is 1.74 bits per heavy atom. The molecule has 1 amide bonds. The summed E-state index contributed by atoms with van der Waals surface area (Å²) in [6, 6.07) is 22.2. The zero-order valence-electron chi connectivity index (χ0n) is 17.5. The van der Waals surface area contributed by atoms with Crippen molar-refractivity contribution in [2.45, 2.75) is 33.1 Å². The Morgan fingerprint density at radius 3 is 2.52 bits per heavy atom. The minimum Gasteiger partial charge on any atom is -0.467 e. The van der Waals surface area contributed by atoms with Crippen LogP contribution in [-0.2, 0) is 26.2 Å². The van der Waals surface area contributed by atoms with Crippen LogP contribution in [0.5, 0.6) is 0 Å². The molecule has 1 N–H and O–H groups in total. The quantitative estimate of drug-likeness (QED) is 0.429. The molecule has 0 aliphatic carbocycles. The second-order valence-electron chi connectivity index (χ2n) is 7.45. The van der Waals surface area contributed by atoms with Crippen LogP contribution >= 0.6 is 0 Å². The number of nitrogens with one attached hydrogen (secondary N) is 1. The summed E-state index contributed by atoms with van der Waals surface area (Å²) in [6.45, 7) is 4.42. The first kappa shape index (κ1) is 20.6. The molecule has 6 nitrogen and oxygen atoms in total. The van der Waals surface area contributed by atoms with Gasteiger partial charge >= 0.3 is 0 Å². The van der Waals surface area contributed by atoms with Gasteiger partial charge in [-0.3, -0.25) is 9.69 Å². The fraction of sp³-hybridized carbons (Fsp3) is 0.200. The summed E-state index contributed by atoms with van der Waals surface area (Å²) < 4.78 is 10.9. The minimum absolute atomic E-state index is 0.261. The van der Waals surface area contributed by atoms with Crippen molar-refractivity contribution in [1.29, 1.82) is 0 Å². The molecule has 2 aromatic carbocycles. The summed E-state index contributed by atoms with van der Waals surface area (Å²) in [5.41, 5.74) is 3.96. The van der Waals surface area contributed by atoms with Gasteiger partial charge in [0, 0.05) is 13.1 Å². The second-order valence-corrected chi connectivity index (χ2v) is 7.45. The molecule has 0 spiro atoms. The molecule has 6 heteroatoms. The highest BCUT2D eigenvalue weighted by Crippen LogP contribution is 2.16. The van der Waals surface area contributed by atoms with Gasteiger partial charge in [0.1, 0.15) is 12.0 Å². The number of carbonyl (C=O) groups excluding carboxylic acids is 1. The second kappa shape index (κ2) is 9.91. The number of hydrogen-bond donors (Lipinski definition) is 1. The molecule has 2 aromatic heterocycles. The van der Waals surface area contributed by atoms with Gasteiger partial charge < -0.3 is 14.2 Å². The van der Waals surface area contributed by atoms with Gasteiger partial charge in [-0.15, -0.1) is 0 Å². The number of aryl methyl sites for hydroxylation is 1. The van der Waals surface area contributed by atoms with E-state index >= 15 is 0 Å². The third-order valence-electron chi connectivity index (χ3n) is 5.05. The van der Waals surface area contributed by atoms with E-state index in [2.05, 4.69) is 52.5 Å². The fourth-order valence-corrected chi connectivity index (χ4v) is 3.39. The Bertz CT molecular complexity index is 1100. The molecule has 4 aromatic rings. The number of carbonyl (C=O) groups is 1. The largest absolute Gasteiger partial charge is 0.467 e. The number of oxazole rings is 1. The molecule has 2 heterocycles. The molecular weight excluding hydrogens is 390 g/mol. The van der Waals surface area contributed by atoms with Crippen LogP contribution in [0.1, 0.15) is 38.8 Å². The van der Waals surface area contributed by atoms with Crippen LogP contribution in [-0.4, -0.2) is 15.8 Å². The van der Waals surface area contributed by atoms with E-state index in [4.69, 9.17) is 8.83 Å². The minimum atomic E-state index is -0.292. The highest BCUT2D eigenvalue weighted by molar-refractivity contribution is 5.91. The number of furan rings is 1. The molecular formula is C25H25N3O3. The third kappa shape index (κ3) is 5.71. The predicted octanol–water partition coefficient (Wildman–Crippen LogP) is 4.71. The van der Waals surface area contributed by atoms with E-state index in [1.54, 1.807) is 12.3 Å². The van der Waals surface area contributed by atoms with Crippen LogP contribution in [0, 0.1) is 6.92 Å². The molecule has 158 valence electrons. The number of rotatable bonds is 9. The van der Waals surface area contributed by atoms with Crippen LogP contribution in [0.15, 0.2) is 88.1 Å². The van der Waals surface area contributed by atoms with E-state index < -0.39 is 0 Å². The van der Waals surface area contributed by atoms with Gasteiger partial charge in [-0.25, -0.2) is 4.98 Å². The van der Waals surface area contributed by atoms with Crippen molar-refractivity contribution in [2.75, 3.05) is 0 Å². The van der Waals surface area contributed by atoms with Crippen molar-refractivity contribution in [1.82, 2.24) is 15.2 Å². The van der Waals surface area contributed by atoms with Gasteiger partial charge in [0.25, 0.3) is 5.91 Å². The summed E-state index contributed by atoms with van der Waals surface area (Å²) in [6.07, 6.45) is 2.98. The first-order valence-corrected chi connectivity index (χ1v) is 10.2. The Kier molecular flexibility index (Phi) is 6.59. The molecule has 0 aliphatic heterocycles. The van der Waals surface area contributed by atoms with Crippen LogP contribution in [0.25, 0.3) is 0 Å². The summed E-state index contributed by atoms with van der Waals surface area (Å²) in [5, 5.41) is 2.79. The Morgan fingerprint density at radius 1 is 0.935 bits per heavy atom. The average molecular weight is 415 g/mol. The maximum Gasteiger partial charge on any atom is 0.273 e. The molecule has 31 heavy (non-hydrogen) atoms. The number of hydrogen-bond acceptors (Lipinski definition) is 5. The van der Waals surface area contributed by atoms with Crippen molar-refractivity contribution < 1.29 is 13.6 Å². The first-order valence-electron chi connectivity index (χ1n) is 10.2. The summed E-state index contributed by atoms with van der Waals surface area (Å²) in [4.78, 5) is 19.0. The highest BCUT2D eigenvalue weighted by Gasteiger charge is 2.16. The number of amides is 1. The topological polar surface area (TPSA) is 71.5 Å². The third-order valence-corrected chi connectivity index (χ3v) is 5.05. The van der Waals surface area contributed by atoms with E-state index in [0.717, 1.165) is 13.1 Å². The lowest BCUT2D eigenvalue weighted by molar-refractivity contribution is 0.0943. The Labute approximate surface area is 181 Å². The fourth-order valence-electron chi connectivity index (χ4n) is 3.39. The molecule has 0 aliphatic rings. The van der Waals surface area contributed by atoms with Crippen molar-refractivity contribution in [3.63, 3.8) is 0 Å². The Balaban J connectivity index is 1.44. The van der Waals surface area contributed by atoms with E-state index in [1.165, 1.54) is 23.0 Å². The highest BCUT2D eigenvalue weighted by atomic mass is 16.3. The summed E-state index contributed by atoms with van der Waals surface area (Å²) in [5.74, 6) is 0.900. The van der Waals surface area contributed by atoms with Gasteiger partial charge in [0.2, 0.25) is 5.89 Å². The number of aromatic nitrogens is 1. The van der Waals surface area contributed by atoms with Crippen LogP contribution in [0.3, 0.4) is 0 Å². The zero-order valence-corrected chi connectivity index (χ0v) is 17.5. The molecule has 0 radical (unpaired) electrons. The smallest absolute Gasteiger partial charge is 0.273 e. The SMILES string of the molecule is Cc1ccccc1CN(Cc1ccccc1)Cc1nc(C(=O)NCc2ccco2)co1. The molecule has 0 saturated heterocycles. The zero-order chi connectivity index (χ0) is 21.5. The van der Waals surface area contributed by atoms with E-state index in [0.29, 0.717) is 24.7 Å². The van der Waals surface area contributed by atoms with Crippen LogP contribution < -0.4 is 5.32 Å². The van der Waals surface area contributed by atoms with E-state index in [1.807, 2.05) is 30.3 Å². The molecule has 0 bridgehead atoms. The van der Waals surface area contributed by atoms with Crippen molar-refractivity contribution in [2.24, 2.45) is 0 Å². The van der Waals surface area contributed by atoms with E-state index in [-0.39, 0.29) is 11.6 Å². The van der Waals surface area contributed by atoms with Gasteiger partial charge in [-0.1, -0.05) is 54.6 Å². The molecule has 0 unspecified atom stereocenters. The lowest BCUT2D eigenvalue weighted by Crippen LogP contribution is -2.24. The van der Waals surface area contributed by atoms with Gasteiger partial charge in [0.05, 0.1) is 19.4 Å². The van der Waals surface area contributed by atoms with Gasteiger partial charge in [-0.2, -0.15) is 0 Å². The average Bonchev–Trinajstić information content (AvgIpc) is 3.47. The lowest BCUT2D eigenvalue weighted by atomic mass is 10.1. The standard InChI is InChI=1S/C25H25N3O3/c1-19-8-5-6-11-21(19)16-28(15-20-9-3-2-4-10-20)17-24-27-23(18-31-24)25(29)26-14-22-12-7-13-30-22/h2-13,18H,14-17H2,1H3,(H,26,29). The normalized spacial score (nSPS) is 11.0. The van der Waals surface area contributed by atoms with Crippen molar-refractivity contribution >= 4 is 5.91 Å². The summed E-state index contributed by atoms with van der Waals surface area (Å²) >= 11 is 0. The van der Waals surface area contributed by atoms with Gasteiger partial charge in [0.15, 0.2) is 5.69 Å². The van der Waals surface area contributed by atoms with Crippen LogP contribution in [0.4, 0.5) is 0 Å². The summed E-state index contributed by atoms with van der Waals surface area (Å²) in [7, 11) is 0. The monoisotopic (exact) mass is 415 g/mol. The number of nitrogens with zero attached hydrogens (tertiary/aromatic N) is 2. The molecule has 0 atom stereocenters. The van der Waals surface area contributed by atoms with Gasteiger partial charge in [-0.05, 0) is 35.7 Å². The predicted molar refractivity (Wildman–Crippen MR) is 117 cm³/mol. The molecule has 4 rings (SSSR count). The number of benzene rings is 2. The first-order chi connectivity index (χ1) is 15.2.